The van der Waals surface area contributed by atoms with Crippen molar-refractivity contribution >= 4 is 40.5 Å². The van der Waals surface area contributed by atoms with Crippen LogP contribution in [-0.2, 0) is 0 Å². The molecule has 0 aliphatic heterocycles. The smallest absolute Gasteiger partial charge is 0.337 e. The van der Waals surface area contributed by atoms with Gasteiger partial charge in [-0.3, -0.25) is 0 Å². The number of halogens is 2. The fraction of sp³-hybridized carbons (Fsp3) is 0.0714. The molecule has 2 rings (SSSR count). The third-order valence-corrected chi connectivity index (χ3v) is 3.22. The molecule has 0 amide bonds. The van der Waals surface area contributed by atoms with E-state index in [1.165, 1.54) is 13.2 Å². The highest BCUT2D eigenvalue weighted by molar-refractivity contribution is 6.33. The lowest BCUT2D eigenvalue weighted by molar-refractivity contribution is 0.0698. The highest BCUT2D eigenvalue weighted by Gasteiger charge is 2.12. The molecule has 0 aliphatic rings. The van der Waals surface area contributed by atoms with Gasteiger partial charge >= 0.3 is 5.97 Å². The molecule has 2 aromatic carbocycles. The minimum atomic E-state index is -1.07. The molecular weight excluding hydrogens is 301 g/mol. The molecule has 4 nitrogen and oxygen atoms in total. The summed E-state index contributed by atoms with van der Waals surface area (Å²) in [6.07, 6.45) is 0. The first kappa shape index (κ1) is 14.5. The minimum Gasteiger partial charge on any atom is -0.497 e. The lowest BCUT2D eigenvalue weighted by Gasteiger charge is -2.12. The predicted octanol–water partition coefficient (Wildman–Crippen LogP) is 4.44. The molecule has 2 N–H and O–H groups in total. The maximum atomic E-state index is 11.2. The third kappa shape index (κ3) is 3.15. The molecule has 104 valence electrons. The summed E-state index contributed by atoms with van der Waals surface area (Å²) in [7, 11) is 1.54. The van der Waals surface area contributed by atoms with Gasteiger partial charge < -0.3 is 15.2 Å². The normalized spacial score (nSPS) is 10.2. The summed E-state index contributed by atoms with van der Waals surface area (Å²) in [5, 5.41) is 13.0. The highest BCUT2D eigenvalue weighted by atomic mass is 35.5. The molecule has 6 heteroatoms. The van der Waals surface area contributed by atoms with E-state index in [-0.39, 0.29) is 5.56 Å². The van der Waals surface area contributed by atoms with Crippen molar-refractivity contribution in [2.45, 2.75) is 0 Å². The monoisotopic (exact) mass is 311 g/mol. The van der Waals surface area contributed by atoms with E-state index in [4.69, 9.17) is 27.9 Å². The van der Waals surface area contributed by atoms with Crippen LogP contribution in [0.5, 0.6) is 5.75 Å². The van der Waals surface area contributed by atoms with Crippen LogP contribution < -0.4 is 10.1 Å². The number of ether oxygens (including phenoxy) is 1. The quantitative estimate of drug-likeness (QED) is 0.876. The van der Waals surface area contributed by atoms with Crippen molar-refractivity contribution in [1.29, 1.82) is 0 Å². The number of anilines is 2. The number of carboxylic acid groups (broad SMARTS) is 1. The van der Waals surface area contributed by atoms with Crippen LogP contribution >= 0.6 is 23.2 Å². The first-order valence-electron chi connectivity index (χ1n) is 5.64. The molecule has 0 heterocycles. The Morgan fingerprint density at radius 3 is 2.55 bits per heavy atom. The van der Waals surface area contributed by atoms with Gasteiger partial charge in [0.15, 0.2) is 0 Å². The number of carboxylic acids is 1. The van der Waals surface area contributed by atoms with Gasteiger partial charge in [0.1, 0.15) is 5.75 Å². The van der Waals surface area contributed by atoms with E-state index in [1.54, 1.807) is 30.3 Å². The van der Waals surface area contributed by atoms with E-state index >= 15 is 0 Å². The standard InChI is InChI=1S/C14H11Cl2NO3/c1-20-9-3-4-11(16)13(7-9)17-12-5-2-8(15)6-10(12)14(18)19/h2-7,17H,1H3,(H,18,19). The van der Waals surface area contributed by atoms with Crippen LogP contribution in [0.1, 0.15) is 10.4 Å². The number of aromatic carboxylic acids is 1. The van der Waals surface area contributed by atoms with Gasteiger partial charge in [0.25, 0.3) is 0 Å². The number of carbonyl (C=O) groups is 1. The van der Waals surface area contributed by atoms with Crippen molar-refractivity contribution in [3.63, 3.8) is 0 Å². The molecule has 2 aromatic rings. The Hall–Kier alpha value is -1.91. The topological polar surface area (TPSA) is 58.6 Å². The Bertz CT molecular complexity index is 659. The molecule has 20 heavy (non-hydrogen) atoms. The summed E-state index contributed by atoms with van der Waals surface area (Å²) in [4.78, 5) is 11.2. The summed E-state index contributed by atoms with van der Waals surface area (Å²) in [5.74, 6) is -0.461. The first-order valence-corrected chi connectivity index (χ1v) is 6.40. The van der Waals surface area contributed by atoms with Crippen molar-refractivity contribution in [1.82, 2.24) is 0 Å². The van der Waals surface area contributed by atoms with Crippen LogP contribution in [-0.4, -0.2) is 18.2 Å². The number of rotatable bonds is 4. The zero-order valence-corrected chi connectivity index (χ0v) is 12.0. The average molecular weight is 312 g/mol. The summed E-state index contributed by atoms with van der Waals surface area (Å²) in [5.41, 5.74) is 1.02. The Balaban J connectivity index is 2.42. The molecular formula is C14H11Cl2NO3. The highest BCUT2D eigenvalue weighted by Crippen LogP contribution is 2.31. The maximum Gasteiger partial charge on any atom is 0.337 e. The summed E-state index contributed by atoms with van der Waals surface area (Å²) >= 11 is 11.9. The third-order valence-electron chi connectivity index (χ3n) is 2.65. The van der Waals surface area contributed by atoms with Gasteiger partial charge in [-0.05, 0) is 30.3 Å². The van der Waals surface area contributed by atoms with Crippen LogP contribution in [0, 0.1) is 0 Å². The minimum absolute atomic E-state index is 0.0661. The Labute approximate surface area is 125 Å². The summed E-state index contributed by atoms with van der Waals surface area (Å²) < 4.78 is 5.11. The van der Waals surface area contributed by atoms with Crippen molar-refractivity contribution in [2.24, 2.45) is 0 Å². The zero-order valence-electron chi connectivity index (χ0n) is 10.5. The van der Waals surface area contributed by atoms with Gasteiger partial charge in [0.2, 0.25) is 0 Å². The van der Waals surface area contributed by atoms with Gasteiger partial charge in [-0.15, -0.1) is 0 Å². The average Bonchev–Trinajstić information content (AvgIpc) is 2.42. The van der Waals surface area contributed by atoms with Crippen LogP contribution in [0.4, 0.5) is 11.4 Å². The number of benzene rings is 2. The largest absolute Gasteiger partial charge is 0.497 e. The summed E-state index contributed by atoms with van der Waals surface area (Å²) in [6, 6.07) is 9.63. The Morgan fingerprint density at radius 2 is 1.90 bits per heavy atom. The molecule has 0 saturated carbocycles. The number of methoxy groups -OCH3 is 1. The fourth-order valence-corrected chi connectivity index (χ4v) is 2.01. The second-order valence-corrected chi connectivity index (χ2v) is 4.81. The van der Waals surface area contributed by atoms with Gasteiger partial charge in [0.05, 0.1) is 29.1 Å². The molecule has 0 spiro atoms. The number of nitrogens with one attached hydrogen (secondary N) is 1. The second kappa shape index (κ2) is 6.03. The maximum absolute atomic E-state index is 11.2. The molecule has 0 radical (unpaired) electrons. The number of hydrogen-bond donors (Lipinski definition) is 2. The Kier molecular flexibility index (Phi) is 4.37. The van der Waals surface area contributed by atoms with Gasteiger partial charge in [-0.2, -0.15) is 0 Å². The molecule has 0 unspecified atom stereocenters. The van der Waals surface area contributed by atoms with Crippen LogP contribution in [0.2, 0.25) is 10.0 Å². The van der Waals surface area contributed by atoms with Crippen molar-refractivity contribution in [2.75, 3.05) is 12.4 Å². The zero-order chi connectivity index (χ0) is 14.7. The Morgan fingerprint density at radius 1 is 1.15 bits per heavy atom. The SMILES string of the molecule is COc1ccc(Cl)c(Nc2ccc(Cl)cc2C(=O)O)c1. The molecule has 0 fully saturated rings. The molecule has 0 atom stereocenters. The molecule has 0 saturated heterocycles. The lowest BCUT2D eigenvalue weighted by atomic mass is 10.1. The van der Waals surface area contributed by atoms with E-state index in [0.29, 0.717) is 27.2 Å². The molecule has 0 aromatic heterocycles. The second-order valence-electron chi connectivity index (χ2n) is 3.97. The van der Waals surface area contributed by atoms with Crippen molar-refractivity contribution in [3.8, 4) is 5.75 Å². The number of hydrogen-bond acceptors (Lipinski definition) is 3. The molecule has 0 aliphatic carbocycles. The summed E-state index contributed by atoms with van der Waals surface area (Å²) in [6.45, 7) is 0. The van der Waals surface area contributed by atoms with Crippen molar-refractivity contribution in [3.05, 3.63) is 52.0 Å². The molecule has 0 bridgehead atoms. The van der Waals surface area contributed by atoms with Crippen LogP contribution in [0.15, 0.2) is 36.4 Å². The van der Waals surface area contributed by atoms with Gasteiger partial charge in [-0.1, -0.05) is 23.2 Å². The van der Waals surface area contributed by atoms with Crippen LogP contribution in [0.3, 0.4) is 0 Å². The van der Waals surface area contributed by atoms with E-state index < -0.39 is 5.97 Å². The fourth-order valence-electron chi connectivity index (χ4n) is 1.67. The lowest BCUT2D eigenvalue weighted by Crippen LogP contribution is -2.03. The van der Waals surface area contributed by atoms with E-state index in [1.807, 2.05) is 0 Å². The van der Waals surface area contributed by atoms with E-state index in [9.17, 15) is 9.90 Å². The van der Waals surface area contributed by atoms with E-state index in [0.717, 1.165) is 0 Å². The van der Waals surface area contributed by atoms with Crippen LogP contribution in [0.25, 0.3) is 0 Å². The predicted molar refractivity (Wildman–Crippen MR) is 79.7 cm³/mol. The first-order chi connectivity index (χ1) is 9.51. The van der Waals surface area contributed by atoms with Gasteiger partial charge in [-0.25, -0.2) is 4.79 Å². The van der Waals surface area contributed by atoms with Crippen molar-refractivity contribution < 1.29 is 14.6 Å². The van der Waals surface area contributed by atoms with Gasteiger partial charge in [0, 0.05) is 11.1 Å². The van der Waals surface area contributed by atoms with E-state index in [2.05, 4.69) is 5.32 Å².